The third kappa shape index (κ3) is 1.82. The van der Waals surface area contributed by atoms with Gasteiger partial charge in [0.15, 0.2) is 11.5 Å². The molecule has 1 unspecified atom stereocenters. The van der Waals surface area contributed by atoms with E-state index in [2.05, 4.69) is 25.0 Å². The maximum absolute atomic E-state index is 5.33. The molecule has 0 bridgehead atoms. The van der Waals surface area contributed by atoms with Gasteiger partial charge in [-0.05, 0) is 11.5 Å². The van der Waals surface area contributed by atoms with Crippen LogP contribution in [0.4, 0.5) is 0 Å². The predicted octanol–water partition coefficient (Wildman–Crippen LogP) is 0.249. The average Bonchev–Trinajstić information content (AvgIpc) is 3.01. The van der Waals surface area contributed by atoms with Crippen molar-refractivity contribution >= 4 is 11.5 Å². The van der Waals surface area contributed by atoms with Gasteiger partial charge in [0.2, 0.25) is 0 Å². The van der Waals surface area contributed by atoms with Crippen LogP contribution in [0.25, 0.3) is 11.6 Å². The molecule has 1 fully saturated rings. The lowest BCUT2D eigenvalue weighted by Crippen LogP contribution is -2.35. The van der Waals surface area contributed by atoms with Crippen molar-refractivity contribution in [3.63, 3.8) is 0 Å². The van der Waals surface area contributed by atoms with Crippen LogP contribution >= 0.6 is 11.5 Å². The summed E-state index contributed by atoms with van der Waals surface area (Å²) in [5.74, 6) is 0.999. The third-order valence-electron chi connectivity index (χ3n) is 2.25. The molecule has 1 atom stereocenters. The number of hydrogen-bond acceptors (Lipinski definition) is 8. The summed E-state index contributed by atoms with van der Waals surface area (Å²) in [7, 11) is 0. The Balaban J connectivity index is 1.82. The smallest absolute Gasteiger partial charge is 0.279 e. The molecule has 0 radical (unpaired) electrons. The first-order chi connectivity index (χ1) is 7.93. The number of nitrogens with one attached hydrogen (secondary N) is 1. The standard InChI is InChI=1S/C8H9N5O2S/c1-2-14-3-5(9-1)7-10-8(15-12-7)6-4-16-13-11-6/h4-5,9H,1-3H2. The molecule has 3 rings (SSSR count). The van der Waals surface area contributed by atoms with Crippen LogP contribution in [0.1, 0.15) is 11.9 Å². The van der Waals surface area contributed by atoms with Crippen molar-refractivity contribution in [1.82, 2.24) is 25.0 Å². The quantitative estimate of drug-likeness (QED) is 0.803. The highest BCUT2D eigenvalue weighted by Crippen LogP contribution is 2.18. The molecule has 0 aromatic carbocycles. The molecule has 0 aliphatic carbocycles. The number of hydrogen-bond donors (Lipinski definition) is 1. The van der Waals surface area contributed by atoms with Crippen LogP contribution < -0.4 is 5.32 Å². The van der Waals surface area contributed by atoms with Crippen molar-refractivity contribution in [3.05, 3.63) is 11.2 Å². The van der Waals surface area contributed by atoms with Gasteiger partial charge >= 0.3 is 0 Å². The van der Waals surface area contributed by atoms with Crippen molar-refractivity contribution in [2.75, 3.05) is 19.8 Å². The minimum absolute atomic E-state index is 0.00200. The summed E-state index contributed by atoms with van der Waals surface area (Å²) in [6.07, 6.45) is 0. The van der Waals surface area contributed by atoms with E-state index >= 15 is 0 Å². The summed E-state index contributed by atoms with van der Waals surface area (Å²) >= 11 is 1.25. The molecule has 3 heterocycles. The molecule has 2 aromatic heterocycles. The van der Waals surface area contributed by atoms with Crippen molar-refractivity contribution < 1.29 is 9.26 Å². The molecule has 8 heteroatoms. The van der Waals surface area contributed by atoms with Gasteiger partial charge in [-0.15, -0.1) is 5.10 Å². The van der Waals surface area contributed by atoms with Crippen LogP contribution in [0.15, 0.2) is 9.90 Å². The fourth-order valence-electron chi connectivity index (χ4n) is 1.47. The lowest BCUT2D eigenvalue weighted by molar-refractivity contribution is 0.0734. The highest BCUT2D eigenvalue weighted by atomic mass is 32.1. The van der Waals surface area contributed by atoms with Gasteiger partial charge in [-0.25, -0.2) is 0 Å². The van der Waals surface area contributed by atoms with E-state index in [1.165, 1.54) is 11.5 Å². The Morgan fingerprint density at radius 2 is 2.50 bits per heavy atom. The van der Waals surface area contributed by atoms with E-state index in [1.807, 2.05) is 0 Å². The molecule has 2 aromatic rings. The number of rotatable bonds is 2. The Kier molecular flexibility index (Phi) is 2.60. The zero-order valence-corrected chi connectivity index (χ0v) is 9.11. The first-order valence-corrected chi connectivity index (χ1v) is 5.69. The fraction of sp³-hybridized carbons (Fsp3) is 0.500. The van der Waals surface area contributed by atoms with E-state index in [-0.39, 0.29) is 6.04 Å². The average molecular weight is 239 g/mol. The summed E-state index contributed by atoms with van der Waals surface area (Å²) in [6.45, 7) is 2.08. The molecular weight excluding hydrogens is 230 g/mol. The monoisotopic (exact) mass is 239 g/mol. The highest BCUT2D eigenvalue weighted by molar-refractivity contribution is 7.03. The van der Waals surface area contributed by atoms with Crippen LogP contribution in [-0.2, 0) is 4.74 Å². The SMILES string of the molecule is c1snnc1-c1nc(C2COCCN2)no1. The van der Waals surface area contributed by atoms with Crippen LogP contribution in [-0.4, -0.2) is 39.5 Å². The van der Waals surface area contributed by atoms with Crippen molar-refractivity contribution in [3.8, 4) is 11.6 Å². The summed E-state index contributed by atoms with van der Waals surface area (Å²) in [6, 6.07) is -0.00200. The summed E-state index contributed by atoms with van der Waals surface area (Å²) in [5, 5.41) is 12.8. The highest BCUT2D eigenvalue weighted by Gasteiger charge is 2.21. The maximum atomic E-state index is 5.33. The van der Waals surface area contributed by atoms with Crippen LogP contribution in [0.5, 0.6) is 0 Å². The maximum Gasteiger partial charge on any atom is 0.279 e. The molecule has 1 saturated heterocycles. The number of ether oxygens (including phenoxy) is 1. The first-order valence-electron chi connectivity index (χ1n) is 4.85. The van der Waals surface area contributed by atoms with Gasteiger partial charge in [-0.3, -0.25) is 0 Å². The normalized spacial score (nSPS) is 21.1. The zero-order valence-electron chi connectivity index (χ0n) is 8.29. The Morgan fingerprint density at radius 1 is 1.50 bits per heavy atom. The summed E-state index contributed by atoms with van der Waals surface area (Å²) in [5.41, 5.74) is 0.612. The van der Waals surface area contributed by atoms with E-state index in [0.717, 1.165) is 13.2 Å². The van der Waals surface area contributed by atoms with Crippen molar-refractivity contribution in [2.24, 2.45) is 0 Å². The van der Waals surface area contributed by atoms with Gasteiger partial charge in [0.25, 0.3) is 5.89 Å². The number of nitrogens with zero attached hydrogens (tertiary/aromatic N) is 4. The van der Waals surface area contributed by atoms with E-state index in [1.54, 1.807) is 5.38 Å². The van der Waals surface area contributed by atoms with E-state index in [4.69, 9.17) is 9.26 Å². The fourth-order valence-corrected chi connectivity index (χ4v) is 1.90. The van der Waals surface area contributed by atoms with Gasteiger partial charge < -0.3 is 14.6 Å². The molecule has 16 heavy (non-hydrogen) atoms. The van der Waals surface area contributed by atoms with E-state index in [9.17, 15) is 0 Å². The van der Waals surface area contributed by atoms with E-state index in [0.29, 0.717) is 24.0 Å². The van der Waals surface area contributed by atoms with Gasteiger partial charge in [-0.2, -0.15) is 4.98 Å². The molecule has 84 valence electrons. The second-order valence-electron chi connectivity index (χ2n) is 3.33. The molecule has 0 saturated carbocycles. The van der Waals surface area contributed by atoms with Crippen molar-refractivity contribution in [2.45, 2.75) is 6.04 Å². The van der Waals surface area contributed by atoms with Gasteiger partial charge in [0.1, 0.15) is 0 Å². The number of aromatic nitrogens is 4. The molecule has 0 spiro atoms. The molecule has 1 aliphatic rings. The second kappa shape index (κ2) is 4.24. The van der Waals surface area contributed by atoms with Gasteiger partial charge in [0.05, 0.1) is 19.3 Å². The zero-order chi connectivity index (χ0) is 10.8. The third-order valence-corrected chi connectivity index (χ3v) is 2.76. The lowest BCUT2D eigenvalue weighted by atomic mass is 10.2. The Labute approximate surface area is 95.0 Å². The predicted molar refractivity (Wildman–Crippen MR) is 54.8 cm³/mol. The van der Waals surface area contributed by atoms with E-state index < -0.39 is 0 Å². The molecule has 0 amide bonds. The van der Waals surface area contributed by atoms with Crippen molar-refractivity contribution in [1.29, 1.82) is 0 Å². The minimum Gasteiger partial charge on any atom is -0.378 e. The van der Waals surface area contributed by atoms with Crippen LogP contribution in [0, 0.1) is 0 Å². The second-order valence-corrected chi connectivity index (χ2v) is 3.94. The van der Waals surface area contributed by atoms with Gasteiger partial charge in [0, 0.05) is 11.9 Å². The lowest BCUT2D eigenvalue weighted by Gasteiger charge is -2.20. The molecule has 1 N–H and O–H groups in total. The molecular formula is C8H9N5O2S. The van der Waals surface area contributed by atoms with Crippen LogP contribution in [0.2, 0.25) is 0 Å². The minimum atomic E-state index is -0.00200. The molecule has 7 nitrogen and oxygen atoms in total. The number of morpholine rings is 1. The Hall–Kier alpha value is -1.38. The Morgan fingerprint density at radius 3 is 3.25 bits per heavy atom. The topological polar surface area (TPSA) is 86.0 Å². The first kappa shape index (κ1) is 9.82. The largest absolute Gasteiger partial charge is 0.378 e. The van der Waals surface area contributed by atoms with Crippen LogP contribution in [0.3, 0.4) is 0 Å². The summed E-state index contributed by atoms with van der Waals surface area (Å²) in [4.78, 5) is 4.26. The van der Waals surface area contributed by atoms with Gasteiger partial charge in [-0.1, -0.05) is 9.64 Å². The Bertz CT molecular complexity index is 451. The molecule has 1 aliphatic heterocycles. The summed E-state index contributed by atoms with van der Waals surface area (Å²) < 4.78 is 14.2.